The summed E-state index contributed by atoms with van der Waals surface area (Å²) in [6.07, 6.45) is 1.52. The molecule has 0 radical (unpaired) electrons. The number of oxazole rings is 1. The van der Waals surface area contributed by atoms with Gasteiger partial charge >= 0.3 is 5.76 Å². The zero-order chi connectivity index (χ0) is 16.4. The van der Waals surface area contributed by atoms with Crippen LogP contribution in [0.15, 0.2) is 45.7 Å². The van der Waals surface area contributed by atoms with Crippen LogP contribution in [0, 0.1) is 0 Å². The smallest absolute Gasteiger partial charge is 0.421 e. The Kier molecular flexibility index (Phi) is 4.03. The van der Waals surface area contributed by atoms with Crippen LogP contribution in [-0.2, 0) is 11.3 Å². The molecule has 2 heterocycles. The number of hydrogen-bond acceptors (Lipinski definition) is 5. The standard InChI is InChI=1S/C15H12ClN3O4/c1-22-11-5-4-9(16)7-10(11)18-13(20)8-19-14-12(23-15(19)21)3-2-6-17-14/h2-7H,8H2,1H3,(H,18,20). The van der Waals surface area contributed by atoms with Crippen LogP contribution in [0.1, 0.15) is 0 Å². The molecule has 3 rings (SSSR count). The van der Waals surface area contributed by atoms with Crippen molar-refractivity contribution in [2.75, 3.05) is 12.4 Å². The second kappa shape index (κ2) is 6.13. The van der Waals surface area contributed by atoms with E-state index in [0.717, 1.165) is 4.57 Å². The van der Waals surface area contributed by atoms with Crippen molar-refractivity contribution in [3.05, 3.63) is 52.1 Å². The first kappa shape index (κ1) is 15.1. The average molecular weight is 334 g/mol. The Balaban J connectivity index is 1.86. The monoisotopic (exact) mass is 333 g/mol. The molecular formula is C15H12ClN3O4. The average Bonchev–Trinajstić information content (AvgIpc) is 2.83. The second-order valence-corrected chi connectivity index (χ2v) is 5.11. The summed E-state index contributed by atoms with van der Waals surface area (Å²) in [4.78, 5) is 28.1. The Bertz CT molecular complexity index is 932. The lowest BCUT2D eigenvalue weighted by molar-refractivity contribution is -0.116. The van der Waals surface area contributed by atoms with Crippen molar-refractivity contribution in [2.24, 2.45) is 0 Å². The van der Waals surface area contributed by atoms with Crippen LogP contribution in [0.4, 0.5) is 5.69 Å². The molecule has 1 amide bonds. The number of methoxy groups -OCH3 is 1. The topological polar surface area (TPSA) is 86.4 Å². The van der Waals surface area contributed by atoms with E-state index in [1.54, 1.807) is 30.3 Å². The van der Waals surface area contributed by atoms with E-state index in [1.165, 1.54) is 13.3 Å². The summed E-state index contributed by atoms with van der Waals surface area (Å²) in [5.74, 6) is -0.613. The van der Waals surface area contributed by atoms with Crippen molar-refractivity contribution in [1.29, 1.82) is 0 Å². The maximum absolute atomic E-state index is 12.2. The SMILES string of the molecule is COc1ccc(Cl)cc1NC(=O)Cn1c(=O)oc2cccnc21. The lowest BCUT2D eigenvalue weighted by Crippen LogP contribution is -2.25. The minimum Gasteiger partial charge on any atom is -0.495 e. The van der Waals surface area contributed by atoms with Gasteiger partial charge in [-0.2, -0.15) is 0 Å². The maximum Gasteiger partial charge on any atom is 0.421 e. The molecule has 0 saturated carbocycles. The van der Waals surface area contributed by atoms with Crippen LogP contribution in [0.25, 0.3) is 11.2 Å². The van der Waals surface area contributed by atoms with Gasteiger partial charge in [-0.25, -0.2) is 14.3 Å². The molecule has 0 aliphatic carbocycles. The molecule has 0 aliphatic heterocycles. The highest BCUT2D eigenvalue weighted by atomic mass is 35.5. The first-order valence-electron chi connectivity index (χ1n) is 6.66. The number of pyridine rings is 1. The van der Waals surface area contributed by atoms with Crippen molar-refractivity contribution >= 4 is 34.4 Å². The van der Waals surface area contributed by atoms with Gasteiger partial charge in [0, 0.05) is 11.2 Å². The number of fused-ring (bicyclic) bond motifs is 1. The zero-order valence-corrected chi connectivity index (χ0v) is 12.8. The summed E-state index contributed by atoms with van der Waals surface area (Å²) in [6.45, 7) is -0.238. The summed E-state index contributed by atoms with van der Waals surface area (Å²) in [5, 5.41) is 3.11. The Morgan fingerprint density at radius 1 is 1.43 bits per heavy atom. The van der Waals surface area contributed by atoms with Crippen molar-refractivity contribution < 1.29 is 13.9 Å². The number of halogens is 1. The Labute approximate surface area is 135 Å². The molecule has 118 valence electrons. The molecule has 0 saturated heterocycles. The lowest BCUT2D eigenvalue weighted by atomic mass is 10.3. The first-order chi connectivity index (χ1) is 11.1. The fourth-order valence-electron chi connectivity index (χ4n) is 2.15. The molecule has 23 heavy (non-hydrogen) atoms. The van der Waals surface area contributed by atoms with E-state index < -0.39 is 11.7 Å². The molecular weight excluding hydrogens is 322 g/mol. The van der Waals surface area contributed by atoms with Gasteiger partial charge in [-0.1, -0.05) is 11.6 Å². The fourth-order valence-corrected chi connectivity index (χ4v) is 2.32. The van der Waals surface area contributed by atoms with Crippen LogP contribution in [0.5, 0.6) is 5.75 Å². The number of amides is 1. The molecule has 0 aliphatic rings. The Morgan fingerprint density at radius 2 is 2.26 bits per heavy atom. The Hall–Kier alpha value is -2.80. The van der Waals surface area contributed by atoms with Gasteiger partial charge in [0.05, 0.1) is 12.8 Å². The molecule has 0 unspecified atom stereocenters. The number of carbonyl (C=O) groups excluding carboxylic acids is 1. The minimum absolute atomic E-state index is 0.238. The third kappa shape index (κ3) is 3.04. The summed E-state index contributed by atoms with van der Waals surface area (Å²) < 4.78 is 11.3. The molecule has 0 atom stereocenters. The number of nitrogens with one attached hydrogen (secondary N) is 1. The number of benzene rings is 1. The molecule has 3 aromatic rings. The molecule has 7 nitrogen and oxygen atoms in total. The van der Waals surface area contributed by atoms with Crippen LogP contribution < -0.4 is 15.8 Å². The van der Waals surface area contributed by atoms with E-state index in [4.69, 9.17) is 20.8 Å². The molecule has 8 heteroatoms. The van der Waals surface area contributed by atoms with Crippen LogP contribution in [0.2, 0.25) is 5.02 Å². The predicted molar refractivity (Wildman–Crippen MR) is 84.9 cm³/mol. The zero-order valence-electron chi connectivity index (χ0n) is 12.1. The number of anilines is 1. The van der Waals surface area contributed by atoms with Gasteiger partial charge in [-0.15, -0.1) is 0 Å². The molecule has 1 N–H and O–H groups in total. The quantitative estimate of drug-likeness (QED) is 0.791. The van der Waals surface area contributed by atoms with Gasteiger partial charge in [0.2, 0.25) is 5.91 Å². The molecule has 0 spiro atoms. The summed E-state index contributed by atoms with van der Waals surface area (Å²) in [5.41, 5.74) is 1.05. The third-order valence-electron chi connectivity index (χ3n) is 3.16. The van der Waals surface area contributed by atoms with Crippen molar-refractivity contribution in [3.8, 4) is 5.75 Å². The number of hydrogen-bond donors (Lipinski definition) is 1. The van der Waals surface area contributed by atoms with Crippen molar-refractivity contribution in [1.82, 2.24) is 9.55 Å². The minimum atomic E-state index is -0.646. The van der Waals surface area contributed by atoms with E-state index in [9.17, 15) is 9.59 Å². The van der Waals surface area contributed by atoms with E-state index in [2.05, 4.69) is 10.3 Å². The molecule has 0 bridgehead atoms. The highest BCUT2D eigenvalue weighted by Crippen LogP contribution is 2.27. The van der Waals surface area contributed by atoms with E-state index in [1.807, 2.05) is 0 Å². The normalized spacial score (nSPS) is 10.7. The number of carbonyl (C=O) groups is 1. The molecule has 1 aromatic carbocycles. The van der Waals surface area contributed by atoms with Crippen molar-refractivity contribution in [3.63, 3.8) is 0 Å². The van der Waals surface area contributed by atoms with Gasteiger partial charge in [-0.05, 0) is 30.3 Å². The fraction of sp³-hybridized carbons (Fsp3) is 0.133. The van der Waals surface area contributed by atoms with E-state index in [-0.39, 0.29) is 6.54 Å². The lowest BCUT2D eigenvalue weighted by Gasteiger charge is -2.10. The highest BCUT2D eigenvalue weighted by Gasteiger charge is 2.15. The van der Waals surface area contributed by atoms with E-state index >= 15 is 0 Å². The molecule has 0 fully saturated rings. The number of ether oxygens (including phenoxy) is 1. The Morgan fingerprint density at radius 3 is 3.04 bits per heavy atom. The number of nitrogens with zero attached hydrogens (tertiary/aromatic N) is 2. The van der Waals surface area contributed by atoms with Gasteiger partial charge in [0.15, 0.2) is 11.2 Å². The van der Waals surface area contributed by atoms with E-state index in [0.29, 0.717) is 27.7 Å². The summed E-state index contributed by atoms with van der Waals surface area (Å²) in [6, 6.07) is 8.10. The number of aromatic nitrogens is 2. The molecule has 2 aromatic heterocycles. The summed E-state index contributed by atoms with van der Waals surface area (Å²) >= 11 is 5.92. The highest BCUT2D eigenvalue weighted by molar-refractivity contribution is 6.31. The van der Waals surface area contributed by atoms with Crippen LogP contribution >= 0.6 is 11.6 Å². The van der Waals surface area contributed by atoms with Gasteiger partial charge in [0.1, 0.15) is 12.3 Å². The van der Waals surface area contributed by atoms with Crippen molar-refractivity contribution in [2.45, 2.75) is 6.54 Å². The van der Waals surface area contributed by atoms with Crippen LogP contribution in [0.3, 0.4) is 0 Å². The third-order valence-corrected chi connectivity index (χ3v) is 3.40. The predicted octanol–water partition coefficient (Wildman–Crippen LogP) is 2.29. The largest absolute Gasteiger partial charge is 0.495 e. The van der Waals surface area contributed by atoms with Gasteiger partial charge < -0.3 is 14.5 Å². The summed E-state index contributed by atoms with van der Waals surface area (Å²) in [7, 11) is 1.48. The second-order valence-electron chi connectivity index (χ2n) is 4.67. The van der Waals surface area contributed by atoms with Gasteiger partial charge in [-0.3, -0.25) is 4.79 Å². The maximum atomic E-state index is 12.2. The van der Waals surface area contributed by atoms with Crippen LogP contribution in [-0.4, -0.2) is 22.6 Å². The van der Waals surface area contributed by atoms with Gasteiger partial charge in [0.25, 0.3) is 0 Å². The number of rotatable bonds is 4. The first-order valence-corrected chi connectivity index (χ1v) is 7.04.